The normalized spacial score (nSPS) is 13.0. The number of nitrogens with two attached hydrogens (primary N) is 1. The number of hydrogen-bond donors (Lipinski definition) is 1. The molecule has 1 unspecified atom stereocenters. The number of rotatable bonds is 6. The summed E-state index contributed by atoms with van der Waals surface area (Å²) in [6, 6.07) is 31.6. The molecule has 4 heteroatoms. The van der Waals surface area contributed by atoms with E-state index >= 15 is 0 Å². The van der Waals surface area contributed by atoms with Crippen molar-refractivity contribution in [2.75, 3.05) is 6.16 Å². The van der Waals surface area contributed by atoms with Gasteiger partial charge in [0.05, 0.1) is 0 Å². The van der Waals surface area contributed by atoms with Crippen LogP contribution in [-0.2, 0) is 4.74 Å². The second-order valence-electron chi connectivity index (χ2n) is 6.46. The van der Waals surface area contributed by atoms with E-state index in [1.807, 2.05) is 25.1 Å². The Balaban J connectivity index is 2.23. The Morgan fingerprint density at radius 2 is 1.15 bits per heavy atom. The summed E-state index contributed by atoms with van der Waals surface area (Å²) in [6.07, 6.45) is -0.275. The third-order valence-electron chi connectivity index (χ3n) is 4.71. The molecule has 1 amide bonds. The molecule has 3 nitrogen and oxygen atoms in total. The Morgan fingerprint density at radius 1 is 0.808 bits per heavy atom. The number of benzene rings is 3. The van der Waals surface area contributed by atoms with Crippen LogP contribution in [0.1, 0.15) is 6.92 Å². The number of carbonyl (C=O) groups excluding carboxylic acids is 1. The summed E-state index contributed by atoms with van der Waals surface area (Å²) in [5, 5.41) is 3.87. The van der Waals surface area contributed by atoms with Crippen LogP contribution in [-0.4, -0.2) is 18.4 Å². The zero-order valence-corrected chi connectivity index (χ0v) is 15.8. The van der Waals surface area contributed by atoms with Crippen molar-refractivity contribution in [2.24, 2.45) is 5.73 Å². The monoisotopic (exact) mass is 365 g/mol. The van der Waals surface area contributed by atoms with Crippen LogP contribution < -0.4 is 21.6 Å². The van der Waals surface area contributed by atoms with Crippen molar-refractivity contribution >= 4 is 29.3 Å². The molecule has 1 atom stereocenters. The Labute approximate surface area is 155 Å². The van der Waals surface area contributed by atoms with Gasteiger partial charge in [0.15, 0.2) is 0 Å². The minimum absolute atomic E-state index is 0.278. The molecule has 0 bridgehead atoms. The van der Waals surface area contributed by atoms with Crippen LogP contribution in [0, 0.1) is 0 Å². The summed E-state index contributed by atoms with van der Waals surface area (Å²) in [4.78, 5) is 11.3. The van der Waals surface area contributed by atoms with E-state index in [9.17, 15) is 4.79 Å². The number of amides is 1. The first-order valence-electron chi connectivity index (χ1n) is 8.75. The van der Waals surface area contributed by atoms with Gasteiger partial charge in [0, 0.05) is 0 Å². The SMILES string of the molecule is CC(C[PH](c1ccccc1)(c1ccccc1)c1ccccc1)OC(N)=O. The van der Waals surface area contributed by atoms with E-state index in [0.717, 1.165) is 6.16 Å². The van der Waals surface area contributed by atoms with Crippen LogP contribution in [0.5, 0.6) is 0 Å². The molecule has 134 valence electrons. The Morgan fingerprint density at radius 3 is 1.46 bits per heavy atom. The van der Waals surface area contributed by atoms with Gasteiger partial charge in [0.25, 0.3) is 0 Å². The molecule has 0 saturated heterocycles. The fourth-order valence-electron chi connectivity index (χ4n) is 3.69. The van der Waals surface area contributed by atoms with Crippen LogP contribution in [0.4, 0.5) is 4.79 Å². The van der Waals surface area contributed by atoms with Gasteiger partial charge in [-0.1, -0.05) is 0 Å². The first kappa shape index (κ1) is 18.2. The van der Waals surface area contributed by atoms with Crippen molar-refractivity contribution in [2.45, 2.75) is 13.0 Å². The molecule has 0 saturated carbocycles. The molecule has 0 spiro atoms. The maximum atomic E-state index is 11.3. The predicted molar refractivity (Wildman–Crippen MR) is 112 cm³/mol. The maximum absolute atomic E-state index is 11.3. The third-order valence-corrected chi connectivity index (χ3v) is 9.85. The van der Waals surface area contributed by atoms with Crippen molar-refractivity contribution in [3.63, 3.8) is 0 Å². The molecule has 0 aliphatic rings. The molecule has 0 heterocycles. The fourth-order valence-corrected chi connectivity index (χ4v) is 8.63. The molecule has 0 fully saturated rings. The predicted octanol–water partition coefficient (Wildman–Crippen LogP) is 3.20. The van der Waals surface area contributed by atoms with E-state index in [0.29, 0.717) is 0 Å². The summed E-state index contributed by atoms with van der Waals surface area (Å²) < 4.78 is 5.34. The topological polar surface area (TPSA) is 52.3 Å². The summed E-state index contributed by atoms with van der Waals surface area (Å²) in [7, 11) is -2.39. The van der Waals surface area contributed by atoms with Gasteiger partial charge in [0.2, 0.25) is 0 Å². The molecule has 2 N–H and O–H groups in total. The van der Waals surface area contributed by atoms with E-state index in [-0.39, 0.29) is 6.10 Å². The van der Waals surface area contributed by atoms with Gasteiger partial charge >= 0.3 is 155 Å². The summed E-state index contributed by atoms with van der Waals surface area (Å²) in [5.74, 6) is 0. The van der Waals surface area contributed by atoms with Gasteiger partial charge in [-0.3, -0.25) is 0 Å². The molecule has 3 rings (SSSR count). The second-order valence-corrected chi connectivity index (χ2v) is 10.4. The average Bonchev–Trinajstić information content (AvgIpc) is 2.67. The first-order valence-corrected chi connectivity index (χ1v) is 11.0. The van der Waals surface area contributed by atoms with Crippen LogP contribution in [0.25, 0.3) is 0 Å². The second kappa shape index (κ2) is 8.16. The molecule has 0 aliphatic heterocycles. The minimum atomic E-state index is -2.39. The number of carbonyl (C=O) groups is 1. The zero-order chi connectivity index (χ0) is 18.4. The van der Waals surface area contributed by atoms with Crippen LogP contribution in [0.15, 0.2) is 91.0 Å². The van der Waals surface area contributed by atoms with E-state index in [1.165, 1.54) is 15.9 Å². The number of ether oxygens (including phenoxy) is 1. The summed E-state index contributed by atoms with van der Waals surface area (Å²) in [6.45, 7) is 1.92. The van der Waals surface area contributed by atoms with Crippen LogP contribution >= 0.6 is 7.26 Å². The van der Waals surface area contributed by atoms with Crippen molar-refractivity contribution in [1.29, 1.82) is 0 Å². The summed E-state index contributed by atoms with van der Waals surface area (Å²) >= 11 is 0. The van der Waals surface area contributed by atoms with Gasteiger partial charge in [-0.25, -0.2) is 0 Å². The molecule has 26 heavy (non-hydrogen) atoms. The van der Waals surface area contributed by atoms with E-state index in [4.69, 9.17) is 10.5 Å². The van der Waals surface area contributed by atoms with Gasteiger partial charge in [-0.2, -0.15) is 0 Å². The van der Waals surface area contributed by atoms with E-state index in [2.05, 4.69) is 72.8 Å². The molecule has 0 radical (unpaired) electrons. The molecular weight excluding hydrogens is 341 g/mol. The Hall–Kier alpha value is -2.64. The number of primary amides is 1. The van der Waals surface area contributed by atoms with Gasteiger partial charge in [0.1, 0.15) is 0 Å². The van der Waals surface area contributed by atoms with Crippen molar-refractivity contribution in [3.05, 3.63) is 91.0 Å². The first-order chi connectivity index (χ1) is 12.6. The van der Waals surface area contributed by atoms with E-state index < -0.39 is 13.4 Å². The van der Waals surface area contributed by atoms with Gasteiger partial charge in [-0.15, -0.1) is 0 Å². The summed E-state index contributed by atoms with van der Waals surface area (Å²) in [5.41, 5.74) is 5.28. The van der Waals surface area contributed by atoms with Crippen LogP contribution in [0.3, 0.4) is 0 Å². The van der Waals surface area contributed by atoms with Crippen molar-refractivity contribution in [3.8, 4) is 0 Å². The van der Waals surface area contributed by atoms with Gasteiger partial charge < -0.3 is 0 Å². The van der Waals surface area contributed by atoms with Gasteiger partial charge in [-0.05, 0) is 0 Å². The third kappa shape index (κ3) is 3.79. The quantitative estimate of drug-likeness (QED) is 0.682. The molecule has 3 aromatic carbocycles. The standard InChI is InChI=1S/C22H24NO2P/c1-18(25-22(23)24)17-26(19-11-5-2-6-12-19,20-13-7-3-8-14-20)21-15-9-4-10-16-21/h2-16,18,26H,17H2,1H3,(H2,23,24). The fraction of sp³-hybridized carbons (Fsp3) is 0.136. The van der Waals surface area contributed by atoms with Crippen LogP contribution in [0.2, 0.25) is 0 Å². The van der Waals surface area contributed by atoms with Crippen molar-refractivity contribution in [1.82, 2.24) is 0 Å². The average molecular weight is 365 g/mol. The van der Waals surface area contributed by atoms with Crippen molar-refractivity contribution < 1.29 is 9.53 Å². The Bertz CT molecular complexity index is 741. The Kier molecular flexibility index (Phi) is 5.70. The zero-order valence-electron chi connectivity index (χ0n) is 14.8. The molecule has 0 aliphatic carbocycles. The molecule has 0 aromatic heterocycles. The molecular formula is C22H24NO2P. The van der Waals surface area contributed by atoms with E-state index in [1.54, 1.807) is 0 Å². The number of hydrogen-bond acceptors (Lipinski definition) is 2. The molecule has 3 aromatic rings.